The predicted molar refractivity (Wildman–Crippen MR) is 289 cm³/mol. The van der Waals surface area contributed by atoms with E-state index in [4.69, 9.17) is 23.7 Å². The van der Waals surface area contributed by atoms with Crippen LogP contribution in [0.5, 0.6) is 11.5 Å². The lowest BCUT2D eigenvalue weighted by molar-refractivity contribution is 0.0322. The van der Waals surface area contributed by atoms with Crippen LogP contribution in [0.4, 0.5) is 0 Å². The van der Waals surface area contributed by atoms with Gasteiger partial charge in [0.1, 0.15) is 40.8 Å². The Kier molecular flexibility index (Phi) is 18.1. The second-order valence-corrected chi connectivity index (χ2v) is 19.6. The maximum Gasteiger partial charge on any atom is 0.340 e. The number of aromatic amines is 2. The standard InChI is InChI=1S/C28H29N3O4.C22H18N2O3.C7H15NO4S/c1-19-29-26-18-23(17-25(27(26)30-19)28(32)33-2)21-8-6-20(7-9-21)22-4-3-5-24(16-22)35-15-12-31-10-13-34-14-11-31;1-13-23-20-12-17(11-19(21(20)24-13)22(26)27-2)15-8-6-14(7-9-15)16-4-3-5-18(25)10-16;1-13(9,10)12-7-4-8-2-5-11-6-3-8/h3-9,16-18H,10-15H2,1-2H3,(H,29,30);3-12,25H,1-2H3,(H,23,24);2-7H2,1H3. The van der Waals surface area contributed by atoms with Crippen molar-refractivity contribution in [2.24, 2.45) is 0 Å². The highest BCUT2D eigenvalue weighted by atomic mass is 32.2. The van der Waals surface area contributed by atoms with Crippen molar-refractivity contribution in [1.29, 1.82) is 0 Å². The number of phenolic OH excluding ortho intramolecular Hbond substituents is 1. The molecule has 2 aliphatic rings. The van der Waals surface area contributed by atoms with Crippen LogP contribution in [0, 0.1) is 13.8 Å². The molecule has 0 amide bonds. The van der Waals surface area contributed by atoms with E-state index in [0.29, 0.717) is 35.3 Å². The zero-order valence-electron chi connectivity index (χ0n) is 42.8. The minimum Gasteiger partial charge on any atom is -0.508 e. The summed E-state index contributed by atoms with van der Waals surface area (Å²) in [5, 5.41) is 9.66. The van der Waals surface area contributed by atoms with Crippen molar-refractivity contribution in [2.45, 2.75) is 13.8 Å². The molecular formula is C57H62N6O11S. The third-order valence-electron chi connectivity index (χ3n) is 12.6. The van der Waals surface area contributed by atoms with E-state index in [1.54, 1.807) is 18.2 Å². The molecule has 8 aromatic rings. The molecular weight excluding hydrogens is 977 g/mol. The van der Waals surface area contributed by atoms with E-state index in [2.05, 4.69) is 70.3 Å². The van der Waals surface area contributed by atoms with Gasteiger partial charge in [0.05, 0.1) is 75.7 Å². The van der Waals surface area contributed by atoms with Gasteiger partial charge in [-0.3, -0.25) is 14.0 Å². The fourth-order valence-electron chi connectivity index (χ4n) is 8.77. The maximum atomic E-state index is 12.4. The summed E-state index contributed by atoms with van der Waals surface area (Å²) in [7, 11) is -0.533. The predicted octanol–water partition coefficient (Wildman–Crippen LogP) is 8.70. The number of aromatic hydroxyl groups is 1. The zero-order valence-corrected chi connectivity index (χ0v) is 43.6. The van der Waals surface area contributed by atoms with E-state index in [1.165, 1.54) is 14.2 Å². The molecule has 10 rings (SSSR count). The smallest absolute Gasteiger partial charge is 0.340 e. The van der Waals surface area contributed by atoms with Crippen LogP contribution in [0.15, 0.2) is 121 Å². The number of ether oxygens (including phenoxy) is 5. The quantitative estimate of drug-likeness (QED) is 0.0688. The lowest BCUT2D eigenvalue weighted by Gasteiger charge is -2.26. The summed E-state index contributed by atoms with van der Waals surface area (Å²) in [5.41, 5.74) is 11.7. The Morgan fingerprint density at radius 3 is 1.44 bits per heavy atom. The summed E-state index contributed by atoms with van der Waals surface area (Å²) in [6, 6.07) is 39.2. The van der Waals surface area contributed by atoms with Crippen molar-refractivity contribution < 1.29 is 51.0 Å². The van der Waals surface area contributed by atoms with Gasteiger partial charge < -0.3 is 38.8 Å². The van der Waals surface area contributed by atoms with Crippen LogP contribution in [0.1, 0.15) is 32.4 Å². The summed E-state index contributed by atoms with van der Waals surface area (Å²) < 4.78 is 52.3. The molecule has 17 nitrogen and oxygen atoms in total. The number of H-pyrrole nitrogens is 2. The van der Waals surface area contributed by atoms with E-state index in [1.807, 2.05) is 80.6 Å². The Labute approximate surface area is 436 Å². The average molecular weight is 1040 g/mol. The molecule has 0 spiro atoms. The number of aryl methyl sites for hydroxylation is 2. The summed E-state index contributed by atoms with van der Waals surface area (Å²) in [4.78, 5) is 44.3. The van der Waals surface area contributed by atoms with Crippen molar-refractivity contribution >= 4 is 44.1 Å². The van der Waals surface area contributed by atoms with Crippen molar-refractivity contribution in [1.82, 2.24) is 29.7 Å². The number of hydrogen-bond donors (Lipinski definition) is 3. The minimum absolute atomic E-state index is 0.235. The van der Waals surface area contributed by atoms with E-state index >= 15 is 0 Å². The average Bonchev–Trinajstić information content (AvgIpc) is 4.01. The van der Waals surface area contributed by atoms with Gasteiger partial charge in [0.2, 0.25) is 0 Å². The number of phenols is 1. The number of carbonyl (C=O) groups excluding carboxylic acids is 2. The van der Waals surface area contributed by atoms with E-state index in [0.717, 1.165) is 138 Å². The summed E-state index contributed by atoms with van der Waals surface area (Å²) in [5.74, 6) is 1.79. The molecule has 2 fully saturated rings. The third kappa shape index (κ3) is 14.7. The number of aromatic nitrogens is 4. The highest BCUT2D eigenvalue weighted by Gasteiger charge is 2.19. The first-order valence-electron chi connectivity index (χ1n) is 24.6. The molecule has 0 unspecified atom stereocenters. The molecule has 18 heteroatoms. The fraction of sp³-hybridized carbons (Fsp3) is 0.298. The number of fused-ring (bicyclic) bond motifs is 2. The number of methoxy groups -OCH3 is 2. The van der Waals surface area contributed by atoms with Crippen LogP contribution in [0.2, 0.25) is 0 Å². The molecule has 2 aromatic heterocycles. The number of nitrogens with one attached hydrogen (secondary N) is 2. The van der Waals surface area contributed by atoms with E-state index in [9.17, 15) is 23.1 Å². The molecule has 0 radical (unpaired) electrons. The molecule has 0 aliphatic carbocycles. The zero-order chi connectivity index (χ0) is 52.9. The number of carbonyl (C=O) groups is 2. The monoisotopic (exact) mass is 1040 g/mol. The van der Waals surface area contributed by atoms with Crippen molar-refractivity contribution in [3.8, 4) is 56.0 Å². The van der Waals surface area contributed by atoms with Crippen LogP contribution in [-0.2, 0) is 33.2 Å². The topological polar surface area (TPSA) is 208 Å². The molecule has 6 aromatic carbocycles. The number of morpholine rings is 2. The van der Waals surface area contributed by atoms with Gasteiger partial charge >= 0.3 is 11.9 Å². The van der Waals surface area contributed by atoms with Gasteiger partial charge in [0.25, 0.3) is 10.1 Å². The number of nitrogens with zero attached hydrogens (tertiary/aromatic N) is 4. The number of rotatable bonds is 14. The SMILES string of the molecule is COC(=O)c1cc(-c2ccc(-c3cccc(O)c3)cc2)cc2[nH]c(C)nc12.COC(=O)c1cc(-c2ccc(-c3cccc(OCCN4CCOCC4)c3)cc2)cc2[nH]c(C)nc12.CS(=O)(=O)OCCN1CCOCC1. The fourth-order valence-corrected chi connectivity index (χ4v) is 9.14. The lowest BCUT2D eigenvalue weighted by atomic mass is 9.98. The van der Waals surface area contributed by atoms with Gasteiger partial charge in [-0.1, -0.05) is 72.8 Å². The van der Waals surface area contributed by atoms with Crippen LogP contribution in [-0.4, -0.2) is 155 Å². The van der Waals surface area contributed by atoms with Gasteiger partial charge in [-0.2, -0.15) is 8.42 Å². The Bertz CT molecular complexity index is 3330. The normalized spacial score (nSPS) is 14.1. The van der Waals surface area contributed by atoms with Crippen molar-refractivity contribution in [3.05, 3.63) is 144 Å². The number of esters is 2. The molecule has 3 N–H and O–H groups in total. The first-order chi connectivity index (χ1) is 36.2. The third-order valence-corrected chi connectivity index (χ3v) is 13.2. The number of hydrogen-bond acceptors (Lipinski definition) is 15. The van der Waals surface area contributed by atoms with Gasteiger partial charge in [-0.25, -0.2) is 19.6 Å². The molecule has 392 valence electrons. The van der Waals surface area contributed by atoms with Crippen LogP contribution < -0.4 is 4.74 Å². The van der Waals surface area contributed by atoms with E-state index in [-0.39, 0.29) is 12.4 Å². The highest BCUT2D eigenvalue weighted by Crippen LogP contribution is 2.32. The second-order valence-electron chi connectivity index (χ2n) is 18.0. The highest BCUT2D eigenvalue weighted by molar-refractivity contribution is 7.85. The Morgan fingerprint density at radius 2 is 1.00 bits per heavy atom. The van der Waals surface area contributed by atoms with Crippen molar-refractivity contribution in [3.63, 3.8) is 0 Å². The van der Waals surface area contributed by atoms with Gasteiger partial charge in [0.15, 0.2) is 0 Å². The minimum atomic E-state index is -3.28. The first-order valence-corrected chi connectivity index (χ1v) is 26.4. The van der Waals surface area contributed by atoms with Crippen LogP contribution in [0.3, 0.4) is 0 Å². The first kappa shape index (κ1) is 53.8. The van der Waals surface area contributed by atoms with Gasteiger partial charge in [-0.15, -0.1) is 0 Å². The molecule has 0 atom stereocenters. The second kappa shape index (κ2) is 25.2. The summed E-state index contributed by atoms with van der Waals surface area (Å²) in [6.45, 7) is 12.8. The Hall–Kier alpha value is -7.45. The van der Waals surface area contributed by atoms with Gasteiger partial charge in [-0.05, 0) is 107 Å². The molecule has 75 heavy (non-hydrogen) atoms. The largest absolute Gasteiger partial charge is 0.508 e. The Balaban J connectivity index is 0.000000165. The van der Waals surface area contributed by atoms with Crippen LogP contribution >= 0.6 is 0 Å². The maximum absolute atomic E-state index is 12.4. The number of imidazole rings is 2. The summed E-state index contributed by atoms with van der Waals surface area (Å²) >= 11 is 0. The molecule has 0 saturated carbocycles. The lowest BCUT2D eigenvalue weighted by Crippen LogP contribution is -2.38. The van der Waals surface area contributed by atoms with Crippen molar-refractivity contribution in [2.75, 3.05) is 99.4 Å². The molecule has 2 aliphatic heterocycles. The molecule has 0 bridgehead atoms. The molecule has 2 saturated heterocycles. The van der Waals surface area contributed by atoms with E-state index < -0.39 is 22.1 Å². The Morgan fingerprint density at radius 1 is 0.573 bits per heavy atom. The van der Waals surface area contributed by atoms with Crippen LogP contribution in [0.25, 0.3) is 66.6 Å². The summed E-state index contributed by atoms with van der Waals surface area (Å²) in [6.07, 6.45) is 1.06. The molecule has 4 heterocycles. The van der Waals surface area contributed by atoms with Gasteiger partial charge in [0, 0.05) is 39.3 Å². The number of benzene rings is 6.